The van der Waals surface area contributed by atoms with Crippen molar-refractivity contribution in [3.05, 3.63) is 0 Å². The smallest absolute Gasteiger partial charge is 0.303 e. The molecule has 0 fully saturated rings. The Hall–Kier alpha value is -0.530. The van der Waals surface area contributed by atoms with Crippen LogP contribution in [0.25, 0.3) is 0 Å². The number of carboxylic acid groups (broad SMARTS) is 1. The first-order chi connectivity index (χ1) is 15.2. The molecule has 0 rings (SSSR count). The molecular formula is C29H58O2. The van der Waals surface area contributed by atoms with Crippen molar-refractivity contribution in [1.82, 2.24) is 0 Å². The minimum atomic E-state index is -0.649. The van der Waals surface area contributed by atoms with Crippen molar-refractivity contribution in [3.8, 4) is 0 Å². The van der Waals surface area contributed by atoms with Gasteiger partial charge < -0.3 is 5.11 Å². The molecule has 0 saturated carbocycles. The molecule has 0 spiro atoms. The van der Waals surface area contributed by atoms with Gasteiger partial charge in [-0.15, -0.1) is 0 Å². The van der Waals surface area contributed by atoms with E-state index in [0.717, 1.165) is 18.8 Å². The zero-order valence-electron chi connectivity index (χ0n) is 21.6. The van der Waals surface area contributed by atoms with Crippen molar-refractivity contribution >= 4 is 5.97 Å². The molecule has 1 N–H and O–H groups in total. The standard InChI is InChI=1S/C29H58O2/c1-3-28(2)26-24-22-20-18-16-14-12-10-8-6-4-5-7-9-11-13-15-17-19-21-23-25-27-29(30)31/h28H,3-27H2,1-2H3,(H,30,31)/t28-/m0/s1. The number of aliphatic carboxylic acids is 1. The summed E-state index contributed by atoms with van der Waals surface area (Å²) in [5.41, 5.74) is 0. The highest BCUT2D eigenvalue weighted by Gasteiger charge is 1.99. The molecule has 0 amide bonds. The van der Waals surface area contributed by atoms with Crippen LogP contribution < -0.4 is 0 Å². The van der Waals surface area contributed by atoms with Gasteiger partial charge in [-0.05, 0) is 12.3 Å². The Balaban J connectivity index is 3.03. The van der Waals surface area contributed by atoms with Gasteiger partial charge in [0.05, 0.1) is 0 Å². The molecule has 0 aliphatic heterocycles. The van der Waals surface area contributed by atoms with Gasteiger partial charge in [-0.3, -0.25) is 4.79 Å². The molecule has 0 heterocycles. The molecule has 1 atom stereocenters. The van der Waals surface area contributed by atoms with Crippen LogP contribution in [-0.2, 0) is 4.79 Å². The molecule has 0 unspecified atom stereocenters. The third-order valence-corrected chi connectivity index (χ3v) is 7.03. The highest BCUT2D eigenvalue weighted by Crippen LogP contribution is 2.17. The predicted octanol–water partition coefficient (Wildman–Crippen LogP) is 10.5. The van der Waals surface area contributed by atoms with Gasteiger partial charge in [-0.1, -0.05) is 162 Å². The highest BCUT2D eigenvalue weighted by molar-refractivity contribution is 5.66. The van der Waals surface area contributed by atoms with Crippen molar-refractivity contribution in [2.45, 2.75) is 174 Å². The molecule has 186 valence electrons. The molecule has 2 heteroatoms. The fourth-order valence-electron chi connectivity index (χ4n) is 4.51. The topological polar surface area (TPSA) is 37.3 Å². The van der Waals surface area contributed by atoms with E-state index in [0.29, 0.717) is 6.42 Å². The summed E-state index contributed by atoms with van der Waals surface area (Å²) in [5.74, 6) is 0.286. The fraction of sp³-hybridized carbons (Fsp3) is 0.966. The molecule has 0 radical (unpaired) electrons. The van der Waals surface area contributed by atoms with E-state index in [2.05, 4.69) is 13.8 Å². The fourth-order valence-corrected chi connectivity index (χ4v) is 4.51. The summed E-state index contributed by atoms with van der Waals surface area (Å²) in [6.07, 6.45) is 33.5. The Kier molecular flexibility index (Phi) is 25.3. The third kappa shape index (κ3) is 27.4. The Morgan fingerprint density at radius 1 is 0.516 bits per heavy atom. The van der Waals surface area contributed by atoms with E-state index >= 15 is 0 Å². The number of carbonyl (C=O) groups is 1. The van der Waals surface area contributed by atoms with Crippen molar-refractivity contribution < 1.29 is 9.90 Å². The number of rotatable bonds is 26. The van der Waals surface area contributed by atoms with Crippen LogP contribution in [0.3, 0.4) is 0 Å². The molecule has 31 heavy (non-hydrogen) atoms. The summed E-state index contributed by atoms with van der Waals surface area (Å²) in [4.78, 5) is 10.4. The van der Waals surface area contributed by atoms with Crippen molar-refractivity contribution in [1.29, 1.82) is 0 Å². The molecule has 0 aromatic rings. The van der Waals surface area contributed by atoms with Crippen molar-refractivity contribution in [3.63, 3.8) is 0 Å². The van der Waals surface area contributed by atoms with Gasteiger partial charge in [0.2, 0.25) is 0 Å². The summed E-state index contributed by atoms with van der Waals surface area (Å²) >= 11 is 0. The highest BCUT2D eigenvalue weighted by atomic mass is 16.4. The lowest BCUT2D eigenvalue weighted by atomic mass is 9.99. The second-order valence-electron chi connectivity index (χ2n) is 10.2. The maximum Gasteiger partial charge on any atom is 0.303 e. The van der Waals surface area contributed by atoms with Gasteiger partial charge >= 0.3 is 5.97 Å². The monoisotopic (exact) mass is 438 g/mol. The van der Waals surface area contributed by atoms with Gasteiger partial charge in [0.1, 0.15) is 0 Å². The molecule has 0 aromatic carbocycles. The van der Waals surface area contributed by atoms with Crippen LogP contribution in [0.15, 0.2) is 0 Å². The predicted molar refractivity (Wildman–Crippen MR) is 138 cm³/mol. The van der Waals surface area contributed by atoms with Crippen LogP contribution in [0.5, 0.6) is 0 Å². The molecular weight excluding hydrogens is 380 g/mol. The summed E-state index contributed by atoms with van der Waals surface area (Å²) in [6.45, 7) is 4.70. The first-order valence-electron chi connectivity index (χ1n) is 14.4. The maximum absolute atomic E-state index is 10.4. The molecule has 0 aliphatic carbocycles. The summed E-state index contributed by atoms with van der Waals surface area (Å²) in [7, 11) is 0. The van der Waals surface area contributed by atoms with E-state index in [-0.39, 0.29) is 0 Å². The summed E-state index contributed by atoms with van der Waals surface area (Å²) in [6, 6.07) is 0. The van der Waals surface area contributed by atoms with E-state index in [1.807, 2.05) is 0 Å². The second kappa shape index (κ2) is 25.7. The zero-order valence-corrected chi connectivity index (χ0v) is 21.6. The van der Waals surface area contributed by atoms with Crippen LogP contribution in [0, 0.1) is 5.92 Å². The Labute approximate surface area is 196 Å². The molecule has 0 aliphatic rings. The van der Waals surface area contributed by atoms with Gasteiger partial charge in [0.25, 0.3) is 0 Å². The minimum absolute atomic E-state index is 0.346. The Bertz CT molecular complexity index is 353. The van der Waals surface area contributed by atoms with E-state index < -0.39 is 5.97 Å². The van der Waals surface area contributed by atoms with Crippen LogP contribution in [0.2, 0.25) is 0 Å². The molecule has 0 bridgehead atoms. The molecule has 0 saturated heterocycles. The van der Waals surface area contributed by atoms with Crippen molar-refractivity contribution in [2.24, 2.45) is 5.92 Å². The lowest BCUT2D eigenvalue weighted by Gasteiger charge is -2.07. The van der Waals surface area contributed by atoms with Crippen LogP contribution >= 0.6 is 0 Å². The Morgan fingerprint density at radius 3 is 1.03 bits per heavy atom. The largest absolute Gasteiger partial charge is 0.481 e. The third-order valence-electron chi connectivity index (χ3n) is 7.03. The average Bonchev–Trinajstić information content (AvgIpc) is 2.76. The van der Waals surface area contributed by atoms with E-state index in [9.17, 15) is 4.79 Å². The quantitative estimate of drug-likeness (QED) is 0.136. The second-order valence-corrected chi connectivity index (χ2v) is 10.2. The number of unbranched alkanes of at least 4 members (excludes halogenated alkanes) is 21. The van der Waals surface area contributed by atoms with Crippen LogP contribution in [0.4, 0.5) is 0 Å². The lowest BCUT2D eigenvalue weighted by molar-refractivity contribution is -0.137. The summed E-state index contributed by atoms with van der Waals surface area (Å²) in [5, 5.41) is 8.60. The SMILES string of the molecule is CC[C@H](C)CCCCCCCCCCCCCCCCCCCCCCCCC(=O)O. The number of hydrogen-bond donors (Lipinski definition) is 1. The summed E-state index contributed by atoms with van der Waals surface area (Å²) < 4.78 is 0. The van der Waals surface area contributed by atoms with Crippen LogP contribution in [0.1, 0.15) is 174 Å². The van der Waals surface area contributed by atoms with Gasteiger partial charge in [0.15, 0.2) is 0 Å². The van der Waals surface area contributed by atoms with E-state index in [1.54, 1.807) is 0 Å². The first-order valence-corrected chi connectivity index (χ1v) is 14.4. The van der Waals surface area contributed by atoms with E-state index in [1.165, 1.54) is 141 Å². The van der Waals surface area contributed by atoms with Crippen molar-refractivity contribution in [2.75, 3.05) is 0 Å². The minimum Gasteiger partial charge on any atom is -0.481 e. The van der Waals surface area contributed by atoms with Gasteiger partial charge in [-0.2, -0.15) is 0 Å². The maximum atomic E-state index is 10.4. The van der Waals surface area contributed by atoms with Gasteiger partial charge in [-0.25, -0.2) is 0 Å². The normalized spacial score (nSPS) is 12.3. The first kappa shape index (κ1) is 30.5. The average molecular weight is 439 g/mol. The van der Waals surface area contributed by atoms with Gasteiger partial charge in [0, 0.05) is 6.42 Å². The zero-order chi connectivity index (χ0) is 22.8. The number of carboxylic acids is 1. The molecule has 0 aromatic heterocycles. The number of hydrogen-bond acceptors (Lipinski definition) is 1. The Morgan fingerprint density at radius 2 is 0.774 bits per heavy atom. The van der Waals surface area contributed by atoms with Crippen LogP contribution in [-0.4, -0.2) is 11.1 Å². The molecule has 2 nitrogen and oxygen atoms in total. The lowest BCUT2D eigenvalue weighted by Crippen LogP contribution is -1.93. The van der Waals surface area contributed by atoms with E-state index in [4.69, 9.17) is 5.11 Å².